The summed E-state index contributed by atoms with van der Waals surface area (Å²) in [5, 5.41) is 4.28. The first-order chi connectivity index (χ1) is 9.78. The number of rotatable bonds is 3. The van der Waals surface area contributed by atoms with Crippen LogP contribution in [-0.2, 0) is 0 Å². The Hall–Kier alpha value is -2.89. The lowest BCUT2D eigenvalue weighted by molar-refractivity contribution is 0.394. The summed E-state index contributed by atoms with van der Waals surface area (Å²) in [6.07, 6.45) is 6.76. The predicted molar refractivity (Wildman–Crippen MR) is 75.6 cm³/mol. The topological polar surface area (TPSA) is 78.9 Å². The van der Waals surface area contributed by atoms with Crippen molar-refractivity contribution >= 4 is 5.69 Å². The molecule has 20 heavy (non-hydrogen) atoms. The number of aromatic nitrogens is 4. The van der Waals surface area contributed by atoms with Crippen LogP contribution >= 0.6 is 0 Å². The van der Waals surface area contributed by atoms with Crippen molar-refractivity contribution in [1.82, 2.24) is 19.7 Å². The van der Waals surface area contributed by atoms with Crippen molar-refractivity contribution in [2.24, 2.45) is 0 Å². The molecule has 0 aliphatic carbocycles. The van der Waals surface area contributed by atoms with Crippen LogP contribution in [0.1, 0.15) is 0 Å². The van der Waals surface area contributed by atoms with E-state index in [1.807, 2.05) is 30.5 Å². The first-order valence-electron chi connectivity index (χ1n) is 6.04. The molecule has 0 bridgehead atoms. The number of nitrogens with two attached hydrogens (primary N) is 1. The summed E-state index contributed by atoms with van der Waals surface area (Å²) in [4.78, 5) is 8.33. The normalized spacial score (nSPS) is 10.4. The molecule has 0 atom stereocenters. The molecule has 3 rings (SSSR count). The molecule has 0 radical (unpaired) electrons. The van der Waals surface area contributed by atoms with Gasteiger partial charge in [0.15, 0.2) is 5.82 Å². The first-order valence-corrected chi connectivity index (χ1v) is 6.04. The average molecular weight is 267 g/mol. The Morgan fingerprint density at radius 2 is 2.00 bits per heavy atom. The standard InChI is InChI=1S/C14H13N5O/c1-20-14-8-16-7-13(18-14)19-9-10(6-17-19)11-4-2-3-5-12(11)15/h2-9H,15H2,1H3. The van der Waals surface area contributed by atoms with Gasteiger partial charge in [0.2, 0.25) is 5.88 Å². The van der Waals surface area contributed by atoms with Crippen LogP contribution < -0.4 is 10.5 Å². The third-order valence-electron chi connectivity index (χ3n) is 2.90. The van der Waals surface area contributed by atoms with Crippen LogP contribution in [0.25, 0.3) is 16.9 Å². The summed E-state index contributed by atoms with van der Waals surface area (Å²) in [5.74, 6) is 1.03. The molecule has 6 heteroatoms. The lowest BCUT2D eigenvalue weighted by atomic mass is 10.1. The minimum atomic E-state index is 0.443. The van der Waals surface area contributed by atoms with Crippen molar-refractivity contribution in [3.8, 4) is 22.8 Å². The number of benzene rings is 1. The van der Waals surface area contributed by atoms with Crippen LogP contribution in [0.4, 0.5) is 5.69 Å². The molecule has 2 N–H and O–H groups in total. The predicted octanol–water partition coefficient (Wildman–Crippen LogP) is 1.92. The Kier molecular flexibility index (Phi) is 3.04. The van der Waals surface area contributed by atoms with Crippen molar-refractivity contribution in [2.75, 3.05) is 12.8 Å². The van der Waals surface area contributed by atoms with Gasteiger partial charge in [-0.25, -0.2) is 4.68 Å². The molecular formula is C14H13N5O. The summed E-state index contributed by atoms with van der Waals surface area (Å²) in [5.41, 5.74) is 8.54. The van der Waals surface area contributed by atoms with E-state index in [9.17, 15) is 0 Å². The van der Waals surface area contributed by atoms with Gasteiger partial charge in [-0.15, -0.1) is 0 Å². The highest BCUT2D eigenvalue weighted by molar-refractivity contribution is 5.75. The maximum atomic E-state index is 5.96. The fourth-order valence-electron chi connectivity index (χ4n) is 1.89. The number of methoxy groups -OCH3 is 1. The van der Waals surface area contributed by atoms with E-state index in [1.54, 1.807) is 30.4 Å². The number of ether oxygens (including phenoxy) is 1. The Morgan fingerprint density at radius 3 is 2.80 bits per heavy atom. The molecule has 0 spiro atoms. The van der Waals surface area contributed by atoms with Crippen molar-refractivity contribution in [2.45, 2.75) is 0 Å². The molecule has 0 saturated carbocycles. The zero-order valence-corrected chi connectivity index (χ0v) is 10.9. The fraction of sp³-hybridized carbons (Fsp3) is 0.0714. The van der Waals surface area contributed by atoms with Crippen LogP contribution in [0.2, 0.25) is 0 Å². The quantitative estimate of drug-likeness (QED) is 0.733. The van der Waals surface area contributed by atoms with Crippen molar-refractivity contribution < 1.29 is 4.74 Å². The smallest absolute Gasteiger partial charge is 0.234 e. The van der Waals surface area contributed by atoms with Gasteiger partial charge in [0.05, 0.1) is 25.7 Å². The minimum absolute atomic E-state index is 0.443. The molecule has 0 unspecified atom stereocenters. The first kappa shape index (κ1) is 12.2. The number of para-hydroxylation sites is 1. The summed E-state index contributed by atoms with van der Waals surface area (Å²) in [7, 11) is 1.55. The molecule has 1 aromatic carbocycles. The molecule has 100 valence electrons. The maximum Gasteiger partial charge on any atom is 0.234 e. The highest BCUT2D eigenvalue weighted by Gasteiger charge is 2.07. The number of hydrogen-bond donors (Lipinski definition) is 1. The summed E-state index contributed by atoms with van der Waals surface area (Å²) in [6, 6.07) is 7.65. The Balaban J connectivity index is 2.00. The van der Waals surface area contributed by atoms with Gasteiger partial charge in [0.25, 0.3) is 0 Å². The molecule has 0 amide bonds. The van der Waals surface area contributed by atoms with E-state index in [1.165, 1.54) is 0 Å². The highest BCUT2D eigenvalue weighted by atomic mass is 16.5. The maximum absolute atomic E-state index is 5.96. The molecule has 0 aliphatic rings. The Bertz CT molecular complexity index is 738. The number of anilines is 1. The summed E-state index contributed by atoms with van der Waals surface area (Å²) in [6.45, 7) is 0. The molecule has 0 aliphatic heterocycles. The molecule has 3 aromatic rings. The van der Waals surface area contributed by atoms with Gasteiger partial charge < -0.3 is 10.5 Å². The van der Waals surface area contributed by atoms with Gasteiger partial charge in [-0.1, -0.05) is 18.2 Å². The van der Waals surface area contributed by atoms with Gasteiger partial charge in [-0.2, -0.15) is 10.1 Å². The monoisotopic (exact) mass is 267 g/mol. The van der Waals surface area contributed by atoms with E-state index in [0.717, 1.165) is 11.1 Å². The van der Waals surface area contributed by atoms with E-state index in [4.69, 9.17) is 10.5 Å². The zero-order chi connectivity index (χ0) is 13.9. The van der Waals surface area contributed by atoms with E-state index >= 15 is 0 Å². The number of nitrogen functional groups attached to an aromatic ring is 1. The van der Waals surface area contributed by atoms with Crippen molar-refractivity contribution in [3.05, 3.63) is 49.1 Å². The van der Waals surface area contributed by atoms with Gasteiger partial charge >= 0.3 is 0 Å². The summed E-state index contributed by atoms with van der Waals surface area (Å²) >= 11 is 0. The van der Waals surface area contributed by atoms with E-state index in [0.29, 0.717) is 17.4 Å². The van der Waals surface area contributed by atoms with Crippen molar-refractivity contribution in [3.63, 3.8) is 0 Å². The lowest BCUT2D eigenvalue weighted by Crippen LogP contribution is -2.00. The van der Waals surface area contributed by atoms with E-state index in [-0.39, 0.29) is 0 Å². The number of nitrogens with zero attached hydrogens (tertiary/aromatic N) is 4. The minimum Gasteiger partial charge on any atom is -0.480 e. The molecule has 2 heterocycles. The molecule has 0 fully saturated rings. The van der Waals surface area contributed by atoms with Crippen molar-refractivity contribution in [1.29, 1.82) is 0 Å². The lowest BCUT2D eigenvalue weighted by Gasteiger charge is -2.03. The van der Waals surface area contributed by atoms with Gasteiger partial charge in [0, 0.05) is 23.0 Å². The van der Waals surface area contributed by atoms with E-state index < -0.39 is 0 Å². The fourth-order valence-corrected chi connectivity index (χ4v) is 1.89. The SMILES string of the molecule is COc1cncc(-n2cc(-c3ccccc3N)cn2)n1. The molecule has 2 aromatic heterocycles. The van der Waals surface area contributed by atoms with E-state index in [2.05, 4.69) is 15.1 Å². The molecule has 6 nitrogen and oxygen atoms in total. The zero-order valence-electron chi connectivity index (χ0n) is 10.9. The second kappa shape index (κ2) is 5.00. The van der Waals surface area contributed by atoms with Gasteiger partial charge in [-0.05, 0) is 6.07 Å². The van der Waals surface area contributed by atoms with Gasteiger partial charge in [0.1, 0.15) is 0 Å². The van der Waals surface area contributed by atoms with Crippen LogP contribution in [0.5, 0.6) is 5.88 Å². The molecular weight excluding hydrogens is 254 g/mol. The van der Waals surface area contributed by atoms with Gasteiger partial charge in [-0.3, -0.25) is 4.98 Å². The highest BCUT2D eigenvalue weighted by Crippen LogP contribution is 2.25. The van der Waals surface area contributed by atoms with Crippen LogP contribution in [-0.4, -0.2) is 26.9 Å². The van der Waals surface area contributed by atoms with Crippen LogP contribution in [0.15, 0.2) is 49.1 Å². The molecule has 0 saturated heterocycles. The van der Waals surface area contributed by atoms with Crippen LogP contribution in [0, 0.1) is 0 Å². The largest absolute Gasteiger partial charge is 0.480 e. The Labute approximate surface area is 115 Å². The third kappa shape index (κ3) is 2.18. The second-order valence-electron chi connectivity index (χ2n) is 4.18. The third-order valence-corrected chi connectivity index (χ3v) is 2.90. The Morgan fingerprint density at radius 1 is 1.15 bits per heavy atom. The summed E-state index contributed by atoms with van der Waals surface area (Å²) < 4.78 is 6.69. The number of hydrogen-bond acceptors (Lipinski definition) is 5. The second-order valence-corrected chi connectivity index (χ2v) is 4.18. The van der Waals surface area contributed by atoms with Crippen LogP contribution in [0.3, 0.4) is 0 Å². The average Bonchev–Trinajstić information content (AvgIpc) is 2.97.